The maximum atomic E-state index is 12.1. The van der Waals surface area contributed by atoms with Crippen molar-refractivity contribution in [1.82, 2.24) is 10.2 Å². The van der Waals surface area contributed by atoms with Crippen LogP contribution in [0, 0.1) is 6.92 Å². The second-order valence-corrected chi connectivity index (χ2v) is 6.05. The highest BCUT2D eigenvalue weighted by molar-refractivity contribution is 5.94. The van der Waals surface area contributed by atoms with Crippen LogP contribution < -0.4 is 10.1 Å². The Morgan fingerprint density at radius 1 is 1.23 bits per heavy atom. The zero-order valence-electron chi connectivity index (χ0n) is 13.9. The van der Waals surface area contributed by atoms with Gasteiger partial charge >= 0.3 is 0 Å². The van der Waals surface area contributed by atoms with Crippen molar-refractivity contribution in [1.29, 1.82) is 0 Å². The molecule has 0 saturated carbocycles. The highest BCUT2D eigenvalue weighted by Gasteiger charge is 2.10. The van der Waals surface area contributed by atoms with Gasteiger partial charge in [-0.1, -0.05) is 12.8 Å². The summed E-state index contributed by atoms with van der Waals surface area (Å²) in [5.74, 6) is 0.819. The van der Waals surface area contributed by atoms with Crippen LogP contribution in [-0.4, -0.2) is 44.1 Å². The summed E-state index contributed by atoms with van der Waals surface area (Å²) in [4.78, 5) is 14.7. The molecule has 0 bridgehead atoms. The molecule has 1 aromatic rings. The quantitative estimate of drug-likeness (QED) is 0.822. The first-order valence-corrected chi connectivity index (χ1v) is 8.36. The van der Waals surface area contributed by atoms with Crippen molar-refractivity contribution in [2.24, 2.45) is 0 Å². The number of nitrogens with zero attached hydrogens (tertiary/aromatic N) is 1. The first-order chi connectivity index (χ1) is 10.7. The molecule has 22 heavy (non-hydrogen) atoms. The number of carbonyl (C=O) groups is 1. The minimum absolute atomic E-state index is 0.00150. The standard InChI is InChI=1S/C18H28N2O2/c1-15-14-16(8-9-17(15)22-2)18(21)19-10-7-13-20-11-5-3-4-6-12-20/h8-9,14H,3-7,10-13H2,1-2H3,(H,19,21). The Kier molecular flexibility index (Phi) is 6.72. The average Bonchev–Trinajstić information content (AvgIpc) is 2.80. The zero-order valence-corrected chi connectivity index (χ0v) is 13.9. The summed E-state index contributed by atoms with van der Waals surface area (Å²) in [7, 11) is 1.64. The number of hydrogen-bond donors (Lipinski definition) is 1. The molecular weight excluding hydrogens is 276 g/mol. The van der Waals surface area contributed by atoms with Crippen LogP contribution in [0.25, 0.3) is 0 Å². The molecule has 4 heteroatoms. The predicted molar refractivity (Wildman–Crippen MR) is 89.6 cm³/mol. The average molecular weight is 304 g/mol. The number of rotatable bonds is 6. The Morgan fingerprint density at radius 3 is 2.59 bits per heavy atom. The van der Waals surface area contributed by atoms with E-state index in [0.29, 0.717) is 5.56 Å². The van der Waals surface area contributed by atoms with Crippen LogP contribution in [0.2, 0.25) is 0 Å². The van der Waals surface area contributed by atoms with Crippen LogP contribution in [0.4, 0.5) is 0 Å². The molecule has 4 nitrogen and oxygen atoms in total. The Bertz CT molecular complexity index is 480. The van der Waals surface area contributed by atoms with Crippen molar-refractivity contribution < 1.29 is 9.53 Å². The minimum atomic E-state index is 0.00150. The van der Waals surface area contributed by atoms with E-state index in [1.807, 2.05) is 25.1 Å². The molecule has 1 saturated heterocycles. The first kappa shape index (κ1) is 16.8. The Labute approximate surface area is 133 Å². The van der Waals surface area contributed by atoms with Crippen LogP contribution in [0.3, 0.4) is 0 Å². The third-order valence-electron chi connectivity index (χ3n) is 4.29. The van der Waals surface area contributed by atoms with Gasteiger partial charge in [-0.15, -0.1) is 0 Å². The number of methoxy groups -OCH3 is 1. The largest absolute Gasteiger partial charge is 0.496 e. The van der Waals surface area contributed by atoms with Crippen molar-refractivity contribution in [3.8, 4) is 5.75 Å². The molecule has 1 aliphatic rings. The van der Waals surface area contributed by atoms with Gasteiger partial charge in [0, 0.05) is 12.1 Å². The predicted octanol–water partition coefficient (Wildman–Crippen LogP) is 3.00. The number of aryl methyl sites for hydroxylation is 1. The molecule has 1 fully saturated rings. The molecule has 0 radical (unpaired) electrons. The first-order valence-electron chi connectivity index (χ1n) is 8.36. The van der Waals surface area contributed by atoms with Gasteiger partial charge in [-0.2, -0.15) is 0 Å². The molecule has 0 spiro atoms. The molecule has 2 rings (SSSR count). The van der Waals surface area contributed by atoms with E-state index >= 15 is 0 Å². The summed E-state index contributed by atoms with van der Waals surface area (Å²) in [5, 5.41) is 3.01. The fraction of sp³-hybridized carbons (Fsp3) is 0.611. The molecule has 0 atom stereocenters. The van der Waals surface area contributed by atoms with Gasteiger partial charge < -0.3 is 15.0 Å². The summed E-state index contributed by atoms with van der Waals surface area (Å²) in [5.41, 5.74) is 1.69. The van der Waals surface area contributed by atoms with E-state index < -0.39 is 0 Å². The van der Waals surface area contributed by atoms with Gasteiger partial charge in [-0.05, 0) is 69.6 Å². The molecule has 1 heterocycles. The van der Waals surface area contributed by atoms with E-state index in [1.165, 1.54) is 38.8 Å². The molecule has 122 valence electrons. The van der Waals surface area contributed by atoms with Crippen LogP contribution in [0.15, 0.2) is 18.2 Å². The van der Waals surface area contributed by atoms with Crippen LogP contribution in [0.5, 0.6) is 5.75 Å². The lowest BCUT2D eigenvalue weighted by Gasteiger charge is -2.19. The van der Waals surface area contributed by atoms with Gasteiger partial charge in [0.1, 0.15) is 5.75 Å². The Morgan fingerprint density at radius 2 is 1.95 bits per heavy atom. The van der Waals surface area contributed by atoms with E-state index in [-0.39, 0.29) is 5.91 Å². The lowest BCUT2D eigenvalue weighted by molar-refractivity contribution is 0.0951. The fourth-order valence-corrected chi connectivity index (χ4v) is 2.99. The lowest BCUT2D eigenvalue weighted by Crippen LogP contribution is -2.30. The maximum absolute atomic E-state index is 12.1. The second-order valence-electron chi connectivity index (χ2n) is 6.05. The zero-order chi connectivity index (χ0) is 15.8. The van der Waals surface area contributed by atoms with Crippen molar-refractivity contribution in [2.45, 2.75) is 39.0 Å². The molecule has 0 unspecified atom stereocenters. The Hall–Kier alpha value is -1.55. The monoisotopic (exact) mass is 304 g/mol. The molecule has 1 N–H and O–H groups in total. The Balaban J connectivity index is 1.72. The molecular formula is C18H28N2O2. The van der Waals surface area contributed by atoms with E-state index in [9.17, 15) is 4.79 Å². The van der Waals surface area contributed by atoms with Crippen LogP contribution >= 0.6 is 0 Å². The topological polar surface area (TPSA) is 41.6 Å². The summed E-state index contributed by atoms with van der Waals surface area (Å²) in [6.45, 7) is 6.20. The normalized spacial score (nSPS) is 16.1. The maximum Gasteiger partial charge on any atom is 0.251 e. The van der Waals surface area contributed by atoms with E-state index in [0.717, 1.165) is 30.8 Å². The highest BCUT2D eigenvalue weighted by atomic mass is 16.5. The molecule has 0 aromatic heterocycles. The van der Waals surface area contributed by atoms with E-state index in [2.05, 4.69) is 10.2 Å². The number of hydrogen-bond acceptors (Lipinski definition) is 3. The van der Waals surface area contributed by atoms with Crippen LogP contribution in [-0.2, 0) is 0 Å². The van der Waals surface area contributed by atoms with E-state index in [1.54, 1.807) is 7.11 Å². The second kappa shape index (κ2) is 8.79. The van der Waals surface area contributed by atoms with Crippen molar-refractivity contribution >= 4 is 5.91 Å². The van der Waals surface area contributed by atoms with Gasteiger partial charge in [-0.3, -0.25) is 4.79 Å². The SMILES string of the molecule is COc1ccc(C(=O)NCCCN2CCCCCC2)cc1C. The number of amides is 1. The lowest BCUT2D eigenvalue weighted by atomic mass is 10.1. The van der Waals surface area contributed by atoms with Crippen LogP contribution in [0.1, 0.15) is 48.0 Å². The molecule has 1 aliphatic heterocycles. The molecule has 1 aromatic carbocycles. The number of nitrogens with one attached hydrogen (secondary N) is 1. The van der Waals surface area contributed by atoms with Crippen molar-refractivity contribution in [2.75, 3.05) is 33.3 Å². The van der Waals surface area contributed by atoms with Crippen molar-refractivity contribution in [3.63, 3.8) is 0 Å². The number of benzene rings is 1. The third-order valence-corrected chi connectivity index (χ3v) is 4.29. The summed E-state index contributed by atoms with van der Waals surface area (Å²) < 4.78 is 5.22. The smallest absolute Gasteiger partial charge is 0.251 e. The summed E-state index contributed by atoms with van der Waals surface area (Å²) in [6, 6.07) is 5.54. The van der Waals surface area contributed by atoms with Gasteiger partial charge in [0.25, 0.3) is 5.91 Å². The van der Waals surface area contributed by atoms with E-state index in [4.69, 9.17) is 4.74 Å². The number of likely N-dealkylation sites (tertiary alicyclic amines) is 1. The molecule has 0 aliphatic carbocycles. The fourth-order valence-electron chi connectivity index (χ4n) is 2.99. The van der Waals surface area contributed by atoms with Gasteiger partial charge in [0.05, 0.1) is 7.11 Å². The summed E-state index contributed by atoms with van der Waals surface area (Å²) >= 11 is 0. The summed E-state index contributed by atoms with van der Waals surface area (Å²) in [6.07, 6.45) is 6.38. The molecule has 1 amide bonds. The van der Waals surface area contributed by atoms with Crippen molar-refractivity contribution in [3.05, 3.63) is 29.3 Å². The highest BCUT2D eigenvalue weighted by Crippen LogP contribution is 2.18. The minimum Gasteiger partial charge on any atom is -0.496 e. The number of carbonyl (C=O) groups excluding carboxylic acids is 1. The van der Waals surface area contributed by atoms with Gasteiger partial charge in [0.15, 0.2) is 0 Å². The third kappa shape index (κ3) is 5.02. The number of ether oxygens (including phenoxy) is 1. The van der Waals surface area contributed by atoms with Gasteiger partial charge in [0.2, 0.25) is 0 Å². The van der Waals surface area contributed by atoms with Gasteiger partial charge in [-0.25, -0.2) is 0 Å².